The van der Waals surface area contributed by atoms with Crippen molar-refractivity contribution in [2.24, 2.45) is 0 Å². The SMILES string of the molecule is Fc1c(Cl)cc2c(c1-c1nn[nH]n1)NCCO2. The summed E-state index contributed by atoms with van der Waals surface area (Å²) in [6.45, 7) is 1.08. The number of rotatable bonds is 1. The molecular weight excluding hydrogens is 249 g/mol. The van der Waals surface area contributed by atoms with E-state index in [9.17, 15) is 4.39 Å². The van der Waals surface area contributed by atoms with E-state index in [2.05, 4.69) is 25.9 Å². The zero-order valence-electron chi connectivity index (χ0n) is 8.50. The van der Waals surface area contributed by atoms with Crippen LogP contribution in [-0.2, 0) is 0 Å². The van der Waals surface area contributed by atoms with Crippen molar-refractivity contribution in [1.82, 2.24) is 20.6 Å². The average Bonchev–Trinajstić information content (AvgIpc) is 2.84. The van der Waals surface area contributed by atoms with Gasteiger partial charge in [-0.05, 0) is 5.21 Å². The first-order chi connectivity index (χ1) is 8.27. The Morgan fingerprint density at radius 1 is 1.47 bits per heavy atom. The van der Waals surface area contributed by atoms with E-state index in [1.807, 2.05) is 0 Å². The van der Waals surface area contributed by atoms with Crippen molar-refractivity contribution in [3.8, 4) is 17.1 Å². The van der Waals surface area contributed by atoms with Crippen LogP contribution in [0.25, 0.3) is 11.4 Å². The van der Waals surface area contributed by atoms with Gasteiger partial charge in [-0.2, -0.15) is 5.21 Å². The Kier molecular flexibility index (Phi) is 2.32. The Balaban J connectivity index is 2.28. The number of hydrogen-bond donors (Lipinski definition) is 2. The molecule has 6 nitrogen and oxygen atoms in total. The highest BCUT2D eigenvalue weighted by Crippen LogP contribution is 2.41. The van der Waals surface area contributed by atoms with Gasteiger partial charge in [-0.25, -0.2) is 4.39 Å². The number of fused-ring (bicyclic) bond motifs is 1. The fraction of sp³-hybridized carbons (Fsp3) is 0.222. The van der Waals surface area contributed by atoms with Crippen molar-refractivity contribution in [2.45, 2.75) is 0 Å². The van der Waals surface area contributed by atoms with Crippen molar-refractivity contribution in [3.05, 3.63) is 16.9 Å². The molecule has 1 aromatic heterocycles. The molecule has 0 bridgehead atoms. The third kappa shape index (κ3) is 1.59. The summed E-state index contributed by atoms with van der Waals surface area (Å²) in [5.41, 5.74) is 0.667. The van der Waals surface area contributed by atoms with E-state index in [0.29, 0.717) is 24.6 Å². The van der Waals surface area contributed by atoms with Crippen LogP contribution in [0.15, 0.2) is 6.07 Å². The second kappa shape index (κ2) is 3.85. The maximum absolute atomic E-state index is 14.0. The molecule has 0 radical (unpaired) electrons. The molecule has 0 saturated heterocycles. The van der Waals surface area contributed by atoms with Crippen LogP contribution < -0.4 is 10.1 Å². The van der Waals surface area contributed by atoms with Gasteiger partial charge in [0.05, 0.1) is 16.3 Å². The van der Waals surface area contributed by atoms with Gasteiger partial charge < -0.3 is 10.1 Å². The lowest BCUT2D eigenvalue weighted by atomic mass is 10.1. The fourth-order valence-electron chi connectivity index (χ4n) is 1.71. The van der Waals surface area contributed by atoms with Crippen molar-refractivity contribution in [2.75, 3.05) is 18.5 Å². The number of tetrazole rings is 1. The summed E-state index contributed by atoms with van der Waals surface area (Å²) < 4.78 is 19.4. The number of anilines is 1. The largest absolute Gasteiger partial charge is 0.490 e. The lowest BCUT2D eigenvalue weighted by Crippen LogP contribution is -2.19. The maximum atomic E-state index is 14.0. The van der Waals surface area contributed by atoms with Gasteiger partial charge in [0.1, 0.15) is 12.4 Å². The summed E-state index contributed by atoms with van der Waals surface area (Å²) in [6, 6.07) is 1.43. The monoisotopic (exact) mass is 255 g/mol. The van der Waals surface area contributed by atoms with Crippen molar-refractivity contribution in [1.29, 1.82) is 0 Å². The molecule has 0 atom stereocenters. The molecule has 0 fully saturated rings. The molecule has 2 heterocycles. The number of aromatic nitrogens is 4. The number of halogens is 2. The van der Waals surface area contributed by atoms with Gasteiger partial charge in [-0.1, -0.05) is 11.6 Å². The first-order valence-corrected chi connectivity index (χ1v) is 5.27. The summed E-state index contributed by atoms with van der Waals surface area (Å²) in [5, 5.41) is 16.2. The topological polar surface area (TPSA) is 75.7 Å². The molecule has 2 aromatic rings. The zero-order valence-corrected chi connectivity index (χ0v) is 9.25. The molecule has 88 valence electrons. The van der Waals surface area contributed by atoms with Gasteiger partial charge in [0.15, 0.2) is 5.82 Å². The number of nitrogens with zero attached hydrogens (tertiary/aromatic N) is 3. The molecule has 1 aromatic carbocycles. The van der Waals surface area contributed by atoms with Gasteiger partial charge in [-0.15, -0.1) is 10.2 Å². The Morgan fingerprint density at radius 3 is 3.12 bits per heavy atom. The van der Waals surface area contributed by atoms with E-state index >= 15 is 0 Å². The molecule has 1 aliphatic heterocycles. The van der Waals surface area contributed by atoms with Crippen LogP contribution in [-0.4, -0.2) is 33.8 Å². The molecule has 3 rings (SSSR count). The third-order valence-corrected chi connectivity index (χ3v) is 2.69. The summed E-state index contributed by atoms with van der Waals surface area (Å²) >= 11 is 5.80. The van der Waals surface area contributed by atoms with E-state index in [1.165, 1.54) is 6.07 Å². The molecule has 2 N–H and O–H groups in total. The van der Waals surface area contributed by atoms with E-state index in [1.54, 1.807) is 0 Å². The molecule has 0 aliphatic carbocycles. The number of nitrogens with one attached hydrogen (secondary N) is 2. The van der Waals surface area contributed by atoms with E-state index in [4.69, 9.17) is 16.3 Å². The second-order valence-electron chi connectivity index (χ2n) is 3.43. The van der Waals surface area contributed by atoms with Gasteiger partial charge in [0.25, 0.3) is 0 Å². The minimum atomic E-state index is -0.593. The number of ether oxygens (including phenoxy) is 1. The first kappa shape index (κ1) is 10.3. The smallest absolute Gasteiger partial charge is 0.209 e. The second-order valence-corrected chi connectivity index (χ2v) is 3.84. The van der Waals surface area contributed by atoms with Crippen LogP contribution in [0.2, 0.25) is 5.02 Å². The highest BCUT2D eigenvalue weighted by atomic mass is 35.5. The number of aromatic amines is 1. The molecule has 0 spiro atoms. The standard InChI is InChI=1S/C9H7ClFN5O/c10-4-3-5-8(12-1-2-17-5)6(7(4)11)9-13-15-16-14-9/h3,12H,1-2H2,(H,13,14,15,16). The molecule has 17 heavy (non-hydrogen) atoms. The normalized spacial score (nSPS) is 13.8. The molecule has 8 heteroatoms. The quantitative estimate of drug-likeness (QED) is 0.807. The molecule has 0 saturated carbocycles. The number of hydrogen-bond acceptors (Lipinski definition) is 5. The van der Waals surface area contributed by atoms with E-state index < -0.39 is 5.82 Å². The highest BCUT2D eigenvalue weighted by molar-refractivity contribution is 6.31. The molecule has 0 unspecified atom stereocenters. The summed E-state index contributed by atoms with van der Waals surface area (Å²) in [6.07, 6.45) is 0. The van der Waals surface area contributed by atoms with Gasteiger partial charge >= 0.3 is 0 Å². The van der Waals surface area contributed by atoms with Crippen LogP contribution in [0, 0.1) is 5.82 Å². The Labute approximate surface area is 100 Å². The predicted octanol–water partition coefficient (Wildman–Crippen LogP) is 1.46. The summed E-state index contributed by atoms with van der Waals surface area (Å²) in [4.78, 5) is 0. The van der Waals surface area contributed by atoms with Crippen LogP contribution in [0.1, 0.15) is 0 Å². The Bertz CT molecular complexity index is 559. The van der Waals surface area contributed by atoms with E-state index in [-0.39, 0.29) is 16.4 Å². The third-order valence-electron chi connectivity index (χ3n) is 2.41. The van der Waals surface area contributed by atoms with Crippen molar-refractivity contribution < 1.29 is 9.13 Å². The van der Waals surface area contributed by atoms with Crippen molar-refractivity contribution in [3.63, 3.8) is 0 Å². The van der Waals surface area contributed by atoms with Crippen molar-refractivity contribution >= 4 is 17.3 Å². The number of benzene rings is 1. The first-order valence-electron chi connectivity index (χ1n) is 4.90. The molecular formula is C9H7ClFN5O. The van der Waals surface area contributed by atoms with Crippen LogP contribution in [0.3, 0.4) is 0 Å². The Hall–Kier alpha value is -1.89. The lowest BCUT2D eigenvalue weighted by Gasteiger charge is -2.21. The zero-order chi connectivity index (χ0) is 11.8. The lowest BCUT2D eigenvalue weighted by molar-refractivity contribution is 0.323. The number of H-pyrrole nitrogens is 1. The summed E-state index contributed by atoms with van der Waals surface area (Å²) in [7, 11) is 0. The highest BCUT2D eigenvalue weighted by Gasteiger charge is 2.24. The van der Waals surface area contributed by atoms with Gasteiger partial charge in [-0.3, -0.25) is 0 Å². The van der Waals surface area contributed by atoms with Crippen LogP contribution in [0.5, 0.6) is 5.75 Å². The summed E-state index contributed by atoms with van der Waals surface area (Å²) in [5.74, 6) is 0.0338. The molecule has 0 amide bonds. The molecule has 1 aliphatic rings. The predicted molar refractivity (Wildman–Crippen MR) is 58.6 cm³/mol. The average molecular weight is 256 g/mol. The van der Waals surface area contributed by atoms with E-state index in [0.717, 1.165) is 0 Å². The van der Waals surface area contributed by atoms with Crippen LogP contribution in [0.4, 0.5) is 10.1 Å². The maximum Gasteiger partial charge on any atom is 0.209 e. The minimum absolute atomic E-state index is 0.0350. The fourth-order valence-corrected chi connectivity index (χ4v) is 1.90. The minimum Gasteiger partial charge on any atom is -0.490 e. The van der Waals surface area contributed by atoms with Gasteiger partial charge in [0, 0.05) is 12.6 Å². The van der Waals surface area contributed by atoms with Crippen LogP contribution >= 0.6 is 11.6 Å². The Morgan fingerprint density at radius 2 is 2.35 bits per heavy atom. The van der Waals surface area contributed by atoms with Gasteiger partial charge in [0.2, 0.25) is 5.82 Å².